The largest absolute Gasteiger partial charge is 0.351 e. The molecule has 0 aliphatic carbocycles. The van der Waals surface area contributed by atoms with Gasteiger partial charge in [0, 0.05) is 0 Å². The monoisotopic (exact) mass is 352 g/mol. The van der Waals surface area contributed by atoms with Crippen molar-refractivity contribution >= 4 is 17.4 Å². The highest BCUT2D eigenvalue weighted by atomic mass is 16.2. The molecule has 0 bridgehead atoms. The summed E-state index contributed by atoms with van der Waals surface area (Å²) in [6, 6.07) is 15.9. The van der Waals surface area contributed by atoms with Crippen molar-refractivity contribution in [2.24, 2.45) is 5.73 Å². The van der Waals surface area contributed by atoms with E-state index >= 15 is 0 Å². The Morgan fingerprint density at radius 2 is 1.12 bits per heavy atom. The molecule has 0 aromatic heterocycles. The maximum absolute atomic E-state index is 12.0. The first-order valence-electron chi connectivity index (χ1n) is 9.93. The van der Waals surface area contributed by atoms with Crippen LogP contribution >= 0.6 is 0 Å². The molecule has 3 nitrogen and oxygen atoms in total. The number of rotatable bonds is 10. The third-order valence-electron chi connectivity index (χ3n) is 4.75. The van der Waals surface area contributed by atoms with E-state index in [2.05, 4.69) is 38.1 Å². The van der Waals surface area contributed by atoms with E-state index in [1.165, 1.54) is 49.7 Å². The Hall–Kier alpha value is -2.29. The van der Waals surface area contributed by atoms with E-state index in [4.69, 9.17) is 5.73 Å². The topological polar surface area (TPSA) is 46.3 Å². The Morgan fingerprint density at radius 3 is 1.42 bits per heavy atom. The second-order valence-electron chi connectivity index (χ2n) is 6.92. The Labute approximate surface area is 158 Å². The van der Waals surface area contributed by atoms with Gasteiger partial charge in [0.15, 0.2) is 0 Å². The number of unbranched alkanes of at least 4 members (excludes halogenated alkanes) is 4. The highest BCUT2D eigenvalue weighted by molar-refractivity contribution is 5.98. The second-order valence-corrected chi connectivity index (χ2v) is 6.92. The molecule has 0 aliphatic rings. The maximum atomic E-state index is 12.0. The first kappa shape index (κ1) is 20.0. The maximum Gasteiger partial charge on any atom is 0.323 e. The predicted octanol–water partition coefficient (Wildman–Crippen LogP) is 6.37. The van der Waals surface area contributed by atoms with E-state index in [9.17, 15) is 4.79 Å². The molecule has 2 aromatic rings. The number of primary amides is 1. The van der Waals surface area contributed by atoms with Crippen LogP contribution < -0.4 is 10.6 Å². The van der Waals surface area contributed by atoms with E-state index in [1.807, 2.05) is 24.3 Å². The number of aryl methyl sites for hydroxylation is 2. The van der Waals surface area contributed by atoms with Crippen molar-refractivity contribution in [3.63, 3.8) is 0 Å². The minimum absolute atomic E-state index is 0.456. The lowest BCUT2D eigenvalue weighted by Crippen LogP contribution is -2.31. The van der Waals surface area contributed by atoms with E-state index < -0.39 is 6.03 Å². The highest BCUT2D eigenvalue weighted by Gasteiger charge is 2.14. The Morgan fingerprint density at radius 1 is 0.731 bits per heavy atom. The number of benzene rings is 2. The van der Waals surface area contributed by atoms with Crippen molar-refractivity contribution in [3.8, 4) is 0 Å². The molecule has 2 rings (SSSR count). The molecule has 3 heteroatoms. The number of urea groups is 1. The van der Waals surface area contributed by atoms with E-state index in [0.717, 1.165) is 24.2 Å². The molecular weight excluding hydrogens is 320 g/mol. The lowest BCUT2D eigenvalue weighted by molar-refractivity contribution is 0.256. The van der Waals surface area contributed by atoms with Crippen molar-refractivity contribution in [3.05, 3.63) is 59.7 Å². The molecule has 0 spiro atoms. The van der Waals surface area contributed by atoms with Crippen LogP contribution in [0.5, 0.6) is 0 Å². The molecule has 2 N–H and O–H groups in total. The SMILES string of the molecule is CCCCCc1ccc(N(C(N)=O)c2ccc(CCCCC)cc2)cc1. The fourth-order valence-corrected chi connectivity index (χ4v) is 3.19. The number of nitrogens with zero attached hydrogens (tertiary/aromatic N) is 1. The van der Waals surface area contributed by atoms with Gasteiger partial charge < -0.3 is 5.73 Å². The third-order valence-corrected chi connectivity index (χ3v) is 4.75. The fourth-order valence-electron chi connectivity index (χ4n) is 3.19. The third kappa shape index (κ3) is 5.91. The molecule has 2 aromatic carbocycles. The molecule has 0 unspecified atom stereocenters. The van der Waals surface area contributed by atoms with Gasteiger partial charge in [-0.1, -0.05) is 63.8 Å². The fraction of sp³-hybridized carbons (Fsp3) is 0.435. The van der Waals surface area contributed by atoms with Crippen LogP contribution in [0.2, 0.25) is 0 Å². The molecule has 0 radical (unpaired) electrons. The van der Waals surface area contributed by atoms with Crippen molar-refractivity contribution in [1.29, 1.82) is 0 Å². The van der Waals surface area contributed by atoms with Crippen molar-refractivity contribution in [2.45, 2.75) is 65.2 Å². The number of amides is 2. The molecular formula is C23H32N2O. The zero-order chi connectivity index (χ0) is 18.8. The summed E-state index contributed by atoms with van der Waals surface area (Å²) < 4.78 is 0. The Kier molecular flexibility index (Phi) is 8.20. The summed E-state index contributed by atoms with van der Waals surface area (Å²) in [5, 5.41) is 0. The van der Waals surface area contributed by atoms with Crippen molar-refractivity contribution < 1.29 is 4.79 Å². The summed E-state index contributed by atoms with van der Waals surface area (Å²) in [7, 11) is 0. The molecule has 2 amide bonds. The van der Waals surface area contributed by atoms with Crippen LogP contribution in [0.3, 0.4) is 0 Å². The number of anilines is 2. The summed E-state index contributed by atoms with van der Waals surface area (Å²) in [5.74, 6) is 0. The van der Waals surface area contributed by atoms with Crippen molar-refractivity contribution in [2.75, 3.05) is 4.90 Å². The molecule has 0 saturated carbocycles. The number of hydrogen-bond acceptors (Lipinski definition) is 1. The molecule has 140 valence electrons. The summed E-state index contributed by atoms with van der Waals surface area (Å²) in [5.41, 5.74) is 9.90. The predicted molar refractivity (Wildman–Crippen MR) is 111 cm³/mol. The van der Waals surface area contributed by atoms with E-state index in [1.54, 1.807) is 4.90 Å². The molecule has 26 heavy (non-hydrogen) atoms. The van der Waals surface area contributed by atoms with Crippen molar-refractivity contribution in [1.82, 2.24) is 0 Å². The average Bonchev–Trinajstić information content (AvgIpc) is 2.65. The minimum Gasteiger partial charge on any atom is -0.351 e. The summed E-state index contributed by atoms with van der Waals surface area (Å²) in [6.45, 7) is 4.42. The first-order chi connectivity index (χ1) is 12.7. The van der Waals surface area contributed by atoms with Crippen LogP contribution in [-0.2, 0) is 12.8 Å². The van der Waals surface area contributed by atoms with Gasteiger partial charge in [-0.05, 0) is 61.1 Å². The van der Waals surface area contributed by atoms with Gasteiger partial charge in [-0.25, -0.2) is 4.79 Å². The standard InChI is InChI=1S/C23H32N2O/c1-3-5-7-9-19-11-15-21(16-12-19)25(23(24)26)22-17-13-20(14-18-22)10-8-6-4-2/h11-18H,3-10H2,1-2H3,(H2,24,26). The zero-order valence-electron chi connectivity index (χ0n) is 16.2. The quantitative estimate of drug-likeness (QED) is 0.496. The molecule has 0 aliphatic heterocycles. The minimum atomic E-state index is -0.456. The van der Waals surface area contributed by atoms with Gasteiger partial charge in [0.25, 0.3) is 0 Å². The molecule has 0 saturated heterocycles. The molecule has 0 heterocycles. The number of carbonyl (C=O) groups excluding carboxylic acids is 1. The zero-order valence-corrected chi connectivity index (χ0v) is 16.2. The van der Waals surface area contributed by atoms with Gasteiger partial charge in [0.2, 0.25) is 0 Å². The van der Waals surface area contributed by atoms with Gasteiger partial charge >= 0.3 is 6.03 Å². The number of nitrogens with two attached hydrogens (primary N) is 1. The highest BCUT2D eigenvalue weighted by Crippen LogP contribution is 2.26. The van der Waals surface area contributed by atoms with Gasteiger partial charge in [-0.3, -0.25) is 4.90 Å². The lowest BCUT2D eigenvalue weighted by atomic mass is 10.1. The Balaban J connectivity index is 2.09. The molecule has 0 fully saturated rings. The van der Waals surface area contributed by atoms with Gasteiger partial charge in [0.05, 0.1) is 11.4 Å². The smallest absolute Gasteiger partial charge is 0.323 e. The van der Waals surface area contributed by atoms with Gasteiger partial charge in [0.1, 0.15) is 0 Å². The van der Waals surface area contributed by atoms with Crippen LogP contribution in [0, 0.1) is 0 Å². The van der Waals surface area contributed by atoms with Crippen LogP contribution in [0.1, 0.15) is 63.5 Å². The van der Waals surface area contributed by atoms with Crippen LogP contribution in [-0.4, -0.2) is 6.03 Å². The summed E-state index contributed by atoms with van der Waals surface area (Å²) >= 11 is 0. The average molecular weight is 353 g/mol. The van der Waals surface area contributed by atoms with Crippen LogP contribution in [0.4, 0.5) is 16.2 Å². The summed E-state index contributed by atoms with van der Waals surface area (Å²) in [4.78, 5) is 13.6. The second kappa shape index (κ2) is 10.6. The van der Waals surface area contributed by atoms with Gasteiger partial charge in [-0.15, -0.1) is 0 Å². The van der Waals surface area contributed by atoms with Gasteiger partial charge in [-0.2, -0.15) is 0 Å². The van der Waals surface area contributed by atoms with E-state index in [-0.39, 0.29) is 0 Å². The lowest BCUT2D eigenvalue weighted by Gasteiger charge is -2.21. The number of carbonyl (C=O) groups is 1. The summed E-state index contributed by atoms with van der Waals surface area (Å²) in [6.07, 6.45) is 9.52. The van der Waals surface area contributed by atoms with Crippen LogP contribution in [0.25, 0.3) is 0 Å². The first-order valence-corrected chi connectivity index (χ1v) is 9.93. The van der Waals surface area contributed by atoms with E-state index in [0.29, 0.717) is 0 Å². The van der Waals surface area contributed by atoms with Crippen LogP contribution in [0.15, 0.2) is 48.5 Å². The molecule has 0 atom stereocenters. The number of hydrogen-bond donors (Lipinski definition) is 1. The normalized spacial score (nSPS) is 10.7. The Bertz CT molecular complexity index is 608.